The van der Waals surface area contributed by atoms with Crippen LogP contribution in [0.2, 0.25) is 0 Å². The molecule has 4 aromatic rings. The lowest BCUT2D eigenvalue weighted by Gasteiger charge is -2.53. The molecule has 0 radical (unpaired) electrons. The molecule has 0 bridgehead atoms. The van der Waals surface area contributed by atoms with Gasteiger partial charge in [-0.05, 0) is 0 Å². The Balaban J connectivity index is 1.39. The molecule has 10 nitrogen and oxygen atoms in total. The number of aliphatic carboxylic acids is 1. The van der Waals surface area contributed by atoms with Gasteiger partial charge in [-0.15, -0.1) is 29.7 Å². The molecule has 2 aliphatic heterocycles. The van der Waals surface area contributed by atoms with E-state index in [9.17, 15) is 19.5 Å². The van der Waals surface area contributed by atoms with Crippen LogP contribution in [-0.2, 0) is 24.8 Å². The zero-order valence-electron chi connectivity index (χ0n) is 23.9. The summed E-state index contributed by atoms with van der Waals surface area (Å²) in [7, 11) is 0. The number of rotatable bonds is 10. The van der Waals surface area contributed by atoms with Gasteiger partial charge in [-0.2, -0.15) is 0 Å². The van der Waals surface area contributed by atoms with Gasteiger partial charge in [-0.3, -0.25) is 9.59 Å². The number of aromatic nitrogens is 1. The molecule has 228 valence electrons. The van der Waals surface area contributed by atoms with Crippen molar-refractivity contribution in [3.63, 3.8) is 0 Å². The summed E-state index contributed by atoms with van der Waals surface area (Å²) in [6.07, 6.45) is 1.55. The lowest BCUT2D eigenvalue weighted by Crippen LogP contribution is -2.76. The number of thioether (sulfide) groups is 1. The van der Waals surface area contributed by atoms with E-state index in [-0.39, 0.29) is 16.5 Å². The average molecular weight is 640 g/mol. The number of anilines is 1. The van der Waals surface area contributed by atoms with E-state index in [1.165, 1.54) is 16.7 Å². The number of nitrogens with two attached hydrogens (primary N) is 1. The summed E-state index contributed by atoms with van der Waals surface area (Å²) >= 11 is 2.53. The maximum Gasteiger partial charge on any atom is 0.327 e. The van der Waals surface area contributed by atoms with Crippen LogP contribution in [-0.4, -0.2) is 61.7 Å². The Bertz CT molecular complexity index is 1650. The maximum absolute atomic E-state index is 13.9. The average Bonchev–Trinajstić information content (AvgIpc) is 3.51. The molecular formula is C33H29N5O5S2. The first-order chi connectivity index (χ1) is 21.8. The van der Waals surface area contributed by atoms with Crippen LogP contribution in [0.4, 0.5) is 5.13 Å². The van der Waals surface area contributed by atoms with Crippen molar-refractivity contribution in [2.75, 3.05) is 11.5 Å². The van der Waals surface area contributed by atoms with E-state index in [4.69, 9.17) is 10.6 Å². The van der Waals surface area contributed by atoms with Crippen molar-refractivity contribution < 1.29 is 24.3 Å². The Hall–Kier alpha value is -4.94. The van der Waals surface area contributed by atoms with E-state index in [0.717, 1.165) is 28.0 Å². The number of nitrogens with one attached hydrogen (secondary N) is 1. The fourth-order valence-electron chi connectivity index (χ4n) is 5.70. The van der Waals surface area contributed by atoms with Crippen LogP contribution in [0.3, 0.4) is 0 Å². The molecule has 45 heavy (non-hydrogen) atoms. The topological polar surface area (TPSA) is 147 Å². The summed E-state index contributed by atoms with van der Waals surface area (Å²) in [5.41, 5.74) is 6.97. The minimum absolute atomic E-state index is 0.174. The highest BCUT2D eigenvalue weighted by Gasteiger charge is 2.57. The first kappa shape index (κ1) is 30.1. The van der Waals surface area contributed by atoms with Crippen molar-refractivity contribution >= 4 is 51.7 Å². The molecule has 0 spiro atoms. The fraction of sp³-hybridized carbons (Fsp3) is 0.182. The van der Waals surface area contributed by atoms with Gasteiger partial charge in [0.25, 0.3) is 5.91 Å². The number of carbonyl (C=O) groups is 3. The normalized spacial score (nSPS) is 21.3. The molecule has 4 N–H and O–H groups in total. The van der Waals surface area contributed by atoms with Gasteiger partial charge in [0.1, 0.15) is 23.2 Å². The lowest BCUT2D eigenvalue weighted by molar-refractivity contribution is -0.163. The molecule has 0 saturated carbocycles. The van der Waals surface area contributed by atoms with Crippen LogP contribution >= 0.6 is 23.1 Å². The van der Waals surface area contributed by atoms with Crippen molar-refractivity contribution in [2.24, 2.45) is 11.1 Å². The number of carboxylic acids is 1. The number of carboxylic acid groups (broad SMARTS) is 1. The second kappa shape index (κ2) is 12.6. The summed E-state index contributed by atoms with van der Waals surface area (Å²) in [5, 5.41) is 18.3. The molecule has 3 heterocycles. The molecule has 2 saturated heterocycles. The summed E-state index contributed by atoms with van der Waals surface area (Å²) in [5.74, 6) is -2.28. The first-order valence-corrected chi connectivity index (χ1v) is 16.0. The van der Waals surface area contributed by atoms with E-state index < -0.39 is 46.8 Å². The molecule has 4 atom stereocenters. The second-order valence-electron chi connectivity index (χ2n) is 10.5. The number of thiazole rings is 1. The van der Waals surface area contributed by atoms with Crippen molar-refractivity contribution in [2.45, 2.75) is 23.1 Å². The molecular weight excluding hydrogens is 611 g/mol. The molecule has 3 aromatic carbocycles. The number of benzene rings is 3. The molecule has 4 unspecified atom stereocenters. The molecule has 2 aliphatic rings. The Morgan fingerprint density at radius 1 is 1.02 bits per heavy atom. The Labute approximate surface area is 267 Å². The maximum atomic E-state index is 13.9. The van der Waals surface area contributed by atoms with Crippen LogP contribution in [0.25, 0.3) is 0 Å². The third-order valence-electron chi connectivity index (χ3n) is 7.88. The number of oxime groups is 1. The van der Waals surface area contributed by atoms with Crippen LogP contribution in [0.1, 0.15) is 22.4 Å². The number of hydrogen-bond acceptors (Lipinski definition) is 9. The number of fused-ring (bicyclic) bond motifs is 1. The van der Waals surface area contributed by atoms with Crippen molar-refractivity contribution in [3.05, 3.63) is 131 Å². The van der Waals surface area contributed by atoms with Crippen LogP contribution in [0.5, 0.6) is 0 Å². The Kier molecular flexibility index (Phi) is 8.42. The van der Waals surface area contributed by atoms with E-state index in [0.29, 0.717) is 5.75 Å². The smallest absolute Gasteiger partial charge is 0.327 e. The van der Waals surface area contributed by atoms with Gasteiger partial charge in [0, 0.05) is 33.7 Å². The second-order valence-corrected chi connectivity index (χ2v) is 12.5. The van der Waals surface area contributed by atoms with E-state index in [2.05, 4.69) is 22.0 Å². The molecule has 1 aromatic heterocycles. The van der Waals surface area contributed by atoms with Crippen molar-refractivity contribution in [1.29, 1.82) is 0 Å². The highest BCUT2D eigenvalue weighted by Crippen LogP contribution is 2.42. The molecule has 2 amide bonds. The predicted molar refractivity (Wildman–Crippen MR) is 173 cm³/mol. The minimum atomic E-state index is -1.27. The molecule has 12 heteroatoms. The standard InChI is InChI=1S/C33H29N5O5S2/c1-2-20-18-44-30-26(29(40)38(30)27(20)31(41)42)36-28(39)25(24-19-45-32(34)35-24)37-43-33(21-12-6-3-7-13-21,22-14-8-4-9-15-22)23-16-10-5-11-17-23/h2-17,19-20,26-27,30H,1,18H2,(H2,34,35)(H,36,39)(H,41,42)/b37-25-. The zero-order chi connectivity index (χ0) is 31.6. The monoisotopic (exact) mass is 639 g/mol. The number of hydrogen-bond donors (Lipinski definition) is 3. The van der Waals surface area contributed by atoms with E-state index in [1.54, 1.807) is 11.5 Å². The molecule has 6 rings (SSSR count). The van der Waals surface area contributed by atoms with Gasteiger partial charge >= 0.3 is 5.97 Å². The van der Waals surface area contributed by atoms with Gasteiger partial charge in [0.2, 0.25) is 11.5 Å². The lowest BCUT2D eigenvalue weighted by atomic mass is 9.80. The predicted octanol–water partition coefficient (Wildman–Crippen LogP) is 4.09. The van der Waals surface area contributed by atoms with E-state index >= 15 is 0 Å². The summed E-state index contributed by atoms with van der Waals surface area (Å²) in [6, 6.07) is 26.6. The number of nitrogen functional groups attached to an aromatic ring is 1. The summed E-state index contributed by atoms with van der Waals surface area (Å²) < 4.78 is 0. The first-order valence-electron chi connectivity index (χ1n) is 14.1. The quantitative estimate of drug-likeness (QED) is 0.0773. The molecule has 0 aliphatic carbocycles. The van der Waals surface area contributed by atoms with Crippen LogP contribution in [0, 0.1) is 5.92 Å². The van der Waals surface area contributed by atoms with Gasteiger partial charge in [0.15, 0.2) is 10.8 Å². The van der Waals surface area contributed by atoms with E-state index in [1.807, 2.05) is 91.0 Å². The fourth-order valence-corrected chi connectivity index (χ4v) is 7.76. The van der Waals surface area contributed by atoms with Crippen molar-refractivity contribution in [1.82, 2.24) is 15.2 Å². The number of carbonyl (C=O) groups excluding carboxylic acids is 2. The highest BCUT2D eigenvalue weighted by molar-refractivity contribution is 8.00. The number of β-lactam (4-membered cyclic amide) rings is 1. The number of nitrogens with zero attached hydrogens (tertiary/aromatic N) is 3. The third kappa shape index (κ3) is 5.47. The molecule has 2 fully saturated rings. The largest absolute Gasteiger partial charge is 0.480 e. The van der Waals surface area contributed by atoms with Gasteiger partial charge in [-0.25, -0.2) is 9.78 Å². The van der Waals surface area contributed by atoms with Gasteiger partial charge in [-0.1, -0.05) is 102 Å². The van der Waals surface area contributed by atoms with Crippen molar-refractivity contribution in [3.8, 4) is 0 Å². The Morgan fingerprint density at radius 2 is 1.58 bits per heavy atom. The Morgan fingerprint density at radius 3 is 2.04 bits per heavy atom. The third-order valence-corrected chi connectivity index (χ3v) is 9.97. The summed E-state index contributed by atoms with van der Waals surface area (Å²) in [4.78, 5) is 51.3. The van der Waals surface area contributed by atoms with Gasteiger partial charge in [0.05, 0.1) is 0 Å². The SMILES string of the molecule is C=CC1CSC2C(NC(=O)/C(=N\OC(c3ccccc3)(c3ccccc3)c3ccccc3)c3csc(N)n3)C(=O)N2C1C(=O)O. The summed E-state index contributed by atoms with van der Waals surface area (Å²) in [6.45, 7) is 3.73. The number of amides is 2. The highest BCUT2D eigenvalue weighted by atomic mass is 32.2. The van der Waals surface area contributed by atoms with Crippen LogP contribution in [0.15, 0.2) is 114 Å². The minimum Gasteiger partial charge on any atom is -0.480 e. The van der Waals surface area contributed by atoms with Crippen LogP contribution < -0.4 is 11.1 Å². The van der Waals surface area contributed by atoms with Gasteiger partial charge < -0.3 is 25.9 Å². The zero-order valence-corrected chi connectivity index (χ0v) is 25.5.